The molecule has 0 atom stereocenters. The number of imidazole rings is 1. The molecular weight excluding hydrogens is 178 g/mol. The lowest BCUT2D eigenvalue weighted by Gasteiger charge is -2.15. The van der Waals surface area contributed by atoms with Crippen LogP contribution >= 0.6 is 0 Å². The van der Waals surface area contributed by atoms with Gasteiger partial charge in [0.15, 0.2) is 11.5 Å². The number of hydrogen-bond donors (Lipinski definition) is 1. The van der Waals surface area contributed by atoms with Crippen molar-refractivity contribution in [3.05, 3.63) is 12.7 Å². The van der Waals surface area contributed by atoms with E-state index >= 15 is 0 Å². The Morgan fingerprint density at radius 1 is 1.29 bits per heavy atom. The summed E-state index contributed by atoms with van der Waals surface area (Å²) in [6.45, 7) is 2.12. The largest absolute Gasteiger partial charge is 0.355 e. The monoisotopic (exact) mass is 188 g/mol. The highest BCUT2D eigenvalue weighted by molar-refractivity contribution is 5.82. The molecule has 1 aliphatic rings. The van der Waals surface area contributed by atoms with Gasteiger partial charge in [-0.15, -0.1) is 0 Å². The van der Waals surface area contributed by atoms with Crippen LogP contribution in [0.2, 0.25) is 0 Å². The van der Waals surface area contributed by atoms with E-state index in [1.54, 1.807) is 6.33 Å². The van der Waals surface area contributed by atoms with Crippen LogP contribution in [0.5, 0.6) is 0 Å². The lowest BCUT2D eigenvalue weighted by atomic mass is 10.4. The van der Waals surface area contributed by atoms with E-state index in [0.29, 0.717) is 0 Å². The molecule has 0 aromatic carbocycles. The molecule has 2 aromatic heterocycles. The summed E-state index contributed by atoms with van der Waals surface area (Å²) in [5.41, 5.74) is 1.62. The van der Waals surface area contributed by atoms with Crippen molar-refractivity contribution < 1.29 is 0 Å². The van der Waals surface area contributed by atoms with Crippen molar-refractivity contribution in [2.24, 2.45) is 0 Å². The third-order valence-electron chi connectivity index (χ3n) is 2.55. The van der Waals surface area contributed by atoms with Gasteiger partial charge < -0.3 is 9.88 Å². The summed E-state index contributed by atoms with van der Waals surface area (Å²) in [7, 11) is 0. The molecule has 2 aromatic rings. The van der Waals surface area contributed by atoms with Crippen molar-refractivity contribution in [3.8, 4) is 0 Å². The van der Waals surface area contributed by atoms with Crippen LogP contribution < -0.4 is 4.90 Å². The molecule has 0 aliphatic carbocycles. The Hall–Kier alpha value is -1.65. The molecule has 71 valence electrons. The van der Waals surface area contributed by atoms with Gasteiger partial charge in [-0.2, -0.15) is 0 Å². The van der Waals surface area contributed by atoms with Gasteiger partial charge in [0.05, 0.1) is 6.33 Å². The molecular formula is C9H10N5. The molecule has 0 spiro atoms. The first-order valence-electron chi connectivity index (χ1n) is 4.77. The molecule has 1 aliphatic heterocycles. The predicted molar refractivity (Wildman–Crippen MR) is 52.0 cm³/mol. The zero-order chi connectivity index (χ0) is 9.38. The fraction of sp³-hybridized carbons (Fsp3) is 0.444. The van der Waals surface area contributed by atoms with Crippen molar-refractivity contribution in [2.45, 2.75) is 12.8 Å². The fourth-order valence-electron chi connectivity index (χ4n) is 1.86. The van der Waals surface area contributed by atoms with Gasteiger partial charge in [-0.3, -0.25) is 0 Å². The zero-order valence-electron chi connectivity index (χ0n) is 7.69. The first kappa shape index (κ1) is 7.73. The minimum atomic E-state index is 0.766. The second kappa shape index (κ2) is 2.94. The second-order valence-corrected chi connectivity index (χ2v) is 3.44. The summed E-state index contributed by atoms with van der Waals surface area (Å²) >= 11 is 0. The van der Waals surface area contributed by atoms with Gasteiger partial charge in [-0.05, 0) is 12.8 Å². The van der Waals surface area contributed by atoms with E-state index in [9.17, 15) is 0 Å². The van der Waals surface area contributed by atoms with E-state index in [2.05, 4.69) is 31.2 Å². The molecule has 1 saturated heterocycles. The summed E-state index contributed by atoms with van der Waals surface area (Å²) in [6.07, 6.45) is 6.76. The van der Waals surface area contributed by atoms with E-state index < -0.39 is 0 Å². The molecule has 14 heavy (non-hydrogen) atoms. The van der Waals surface area contributed by atoms with Crippen LogP contribution in [0.25, 0.3) is 11.2 Å². The van der Waals surface area contributed by atoms with E-state index in [1.165, 1.54) is 12.8 Å². The lowest BCUT2D eigenvalue weighted by Crippen LogP contribution is -2.19. The molecule has 0 bridgehead atoms. The topological polar surface area (TPSA) is 57.7 Å². The van der Waals surface area contributed by atoms with Gasteiger partial charge in [-0.1, -0.05) is 0 Å². The van der Waals surface area contributed by atoms with Crippen LogP contribution in [0.1, 0.15) is 12.8 Å². The highest BCUT2D eigenvalue weighted by Gasteiger charge is 2.17. The molecule has 1 N–H and O–H groups in total. The standard InChI is InChI=1S/C9H10N5/c1-2-4-14(3-1)9-7-8(11-5-10-7)12-6-13-9/h5H,1-4H2,(H,10,11,12,13). The number of nitrogens with zero attached hydrogens (tertiary/aromatic N) is 4. The summed E-state index contributed by atoms with van der Waals surface area (Å²) in [5, 5.41) is 0. The Kier molecular flexibility index (Phi) is 1.62. The van der Waals surface area contributed by atoms with Gasteiger partial charge in [0.1, 0.15) is 5.52 Å². The minimum Gasteiger partial charge on any atom is -0.355 e. The molecule has 0 unspecified atom stereocenters. The van der Waals surface area contributed by atoms with E-state index in [0.717, 1.165) is 30.1 Å². The number of aromatic nitrogens is 4. The third-order valence-corrected chi connectivity index (χ3v) is 2.55. The van der Waals surface area contributed by atoms with E-state index in [-0.39, 0.29) is 0 Å². The maximum absolute atomic E-state index is 4.22. The van der Waals surface area contributed by atoms with Crippen molar-refractivity contribution in [2.75, 3.05) is 18.0 Å². The molecule has 0 amide bonds. The van der Waals surface area contributed by atoms with Gasteiger partial charge >= 0.3 is 0 Å². The van der Waals surface area contributed by atoms with Crippen molar-refractivity contribution in [3.63, 3.8) is 0 Å². The van der Waals surface area contributed by atoms with Crippen LogP contribution in [-0.2, 0) is 0 Å². The molecule has 0 saturated carbocycles. The third kappa shape index (κ3) is 1.05. The van der Waals surface area contributed by atoms with Gasteiger partial charge in [-0.25, -0.2) is 15.0 Å². The van der Waals surface area contributed by atoms with Gasteiger partial charge in [0.2, 0.25) is 6.33 Å². The van der Waals surface area contributed by atoms with Gasteiger partial charge in [0.25, 0.3) is 0 Å². The Labute approximate surface area is 81.2 Å². The highest BCUT2D eigenvalue weighted by Crippen LogP contribution is 2.22. The number of aromatic amines is 1. The number of H-pyrrole nitrogens is 1. The SMILES string of the molecule is [c]1nc(N2CCCC2)c2nc[nH]c2n1. The Bertz CT molecular complexity index is 443. The molecule has 3 heterocycles. The highest BCUT2D eigenvalue weighted by atomic mass is 15.2. The Morgan fingerprint density at radius 3 is 3.00 bits per heavy atom. The summed E-state index contributed by atoms with van der Waals surface area (Å²) in [6, 6.07) is 0. The van der Waals surface area contributed by atoms with Crippen molar-refractivity contribution in [1.29, 1.82) is 0 Å². The molecule has 3 rings (SSSR count). The number of nitrogens with one attached hydrogen (secondary N) is 1. The number of fused-ring (bicyclic) bond motifs is 1. The van der Waals surface area contributed by atoms with Crippen LogP contribution in [0.3, 0.4) is 0 Å². The zero-order valence-corrected chi connectivity index (χ0v) is 7.69. The van der Waals surface area contributed by atoms with Crippen molar-refractivity contribution >= 4 is 17.0 Å². The van der Waals surface area contributed by atoms with E-state index in [4.69, 9.17) is 0 Å². The quantitative estimate of drug-likeness (QED) is 0.717. The first-order valence-corrected chi connectivity index (χ1v) is 4.77. The second-order valence-electron chi connectivity index (χ2n) is 3.44. The predicted octanol–water partition coefficient (Wildman–Crippen LogP) is 0.753. The summed E-state index contributed by atoms with van der Waals surface area (Å²) in [4.78, 5) is 17.6. The molecule has 1 fully saturated rings. The van der Waals surface area contributed by atoms with Gasteiger partial charge in [0, 0.05) is 13.1 Å². The maximum atomic E-state index is 4.22. The van der Waals surface area contributed by atoms with Crippen molar-refractivity contribution in [1.82, 2.24) is 19.9 Å². The van der Waals surface area contributed by atoms with Crippen LogP contribution in [-0.4, -0.2) is 33.0 Å². The maximum Gasteiger partial charge on any atom is 0.201 e. The number of rotatable bonds is 1. The summed E-state index contributed by atoms with van der Waals surface area (Å²) in [5.74, 6) is 0.911. The van der Waals surface area contributed by atoms with Crippen LogP contribution in [0.15, 0.2) is 6.33 Å². The van der Waals surface area contributed by atoms with Crippen LogP contribution in [0, 0.1) is 6.33 Å². The van der Waals surface area contributed by atoms with E-state index in [1.807, 2.05) is 0 Å². The smallest absolute Gasteiger partial charge is 0.201 e. The minimum absolute atomic E-state index is 0.766. The Balaban J connectivity index is 2.14. The molecule has 5 nitrogen and oxygen atoms in total. The van der Waals surface area contributed by atoms with Crippen LogP contribution in [0.4, 0.5) is 5.82 Å². The molecule has 5 heteroatoms. The lowest BCUT2D eigenvalue weighted by molar-refractivity contribution is 0.934. The summed E-state index contributed by atoms with van der Waals surface area (Å²) < 4.78 is 0. The molecule has 1 radical (unpaired) electrons. The Morgan fingerprint density at radius 2 is 2.14 bits per heavy atom. The average Bonchev–Trinajstić information content (AvgIpc) is 2.88. The number of anilines is 1. The number of hydrogen-bond acceptors (Lipinski definition) is 4. The first-order chi connectivity index (χ1) is 6.95. The normalized spacial score (nSPS) is 16.7. The fourth-order valence-corrected chi connectivity index (χ4v) is 1.86. The average molecular weight is 188 g/mol.